The van der Waals surface area contributed by atoms with Crippen LogP contribution in [0.15, 0.2) is 27.6 Å². The second-order valence-corrected chi connectivity index (χ2v) is 5.07. The van der Waals surface area contributed by atoms with Crippen LogP contribution < -0.4 is 0 Å². The van der Waals surface area contributed by atoms with Crippen molar-refractivity contribution in [1.29, 1.82) is 0 Å². The van der Waals surface area contributed by atoms with E-state index in [0.29, 0.717) is 10.0 Å². The molecule has 0 amide bonds. The minimum absolute atomic E-state index is 0.0420. The van der Waals surface area contributed by atoms with Crippen molar-refractivity contribution in [2.75, 3.05) is 0 Å². The highest BCUT2D eigenvalue weighted by Crippen LogP contribution is 2.41. The largest absolute Gasteiger partial charge is 0.481 e. The number of halogens is 4. The summed E-state index contributed by atoms with van der Waals surface area (Å²) in [5.41, 5.74) is -3.80. The van der Waals surface area contributed by atoms with E-state index in [0.717, 1.165) is 0 Å². The number of alkyl halides is 3. The number of hydrogen-bond donors (Lipinski definition) is 1. The number of carboxylic acid groups (broad SMARTS) is 1. The summed E-state index contributed by atoms with van der Waals surface area (Å²) in [5.74, 6) is -0.981. The molecule has 0 unspecified atom stereocenters. The van der Waals surface area contributed by atoms with E-state index in [1.807, 2.05) is 0 Å². The highest BCUT2D eigenvalue weighted by atomic mass is 79.9. The first-order valence-corrected chi connectivity index (χ1v) is 6.15. The molecule has 0 aliphatic rings. The van der Waals surface area contributed by atoms with Crippen LogP contribution in [0.5, 0.6) is 0 Å². The molecule has 7 heteroatoms. The van der Waals surface area contributed by atoms with Crippen molar-refractivity contribution in [3.63, 3.8) is 0 Å². The molecule has 17 heavy (non-hydrogen) atoms. The molecule has 0 atom stereocenters. The third kappa shape index (κ3) is 4.99. The quantitative estimate of drug-likeness (QED) is 0.846. The molecule has 0 aliphatic heterocycles. The molecule has 0 aliphatic carbocycles. The van der Waals surface area contributed by atoms with E-state index in [1.165, 1.54) is 12.1 Å². The summed E-state index contributed by atoms with van der Waals surface area (Å²) in [7, 11) is 0. The summed E-state index contributed by atoms with van der Waals surface area (Å²) in [6, 6.07) is 4.43. The second-order valence-electron chi connectivity index (χ2n) is 3.17. The third-order valence-electron chi connectivity index (χ3n) is 1.88. The Bertz CT molecular complexity index is 421. The SMILES string of the molecule is O=C(O)CCc1cccc(SC(F)(F)F)c1Br. The summed E-state index contributed by atoms with van der Waals surface area (Å²) in [6.45, 7) is 0. The van der Waals surface area contributed by atoms with Gasteiger partial charge in [-0.15, -0.1) is 0 Å². The molecule has 2 nitrogen and oxygen atoms in total. The summed E-state index contributed by atoms with van der Waals surface area (Å²) in [4.78, 5) is 10.4. The van der Waals surface area contributed by atoms with Crippen LogP contribution in [0, 0.1) is 0 Å². The molecule has 94 valence electrons. The van der Waals surface area contributed by atoms with Gasteiger partial charge in [0.25, 0.3) is 0 Å². The van der Waals surface area contributed by atoms with E-state index in [4.69, 9.17) is 5.11 Å². The zero-order valence-electron chi connectivity index (χ0n) is 8.42. The van der Waals surface area contributed by atoms with Crippen LogP contribution in [0.3, 0.4) is 0 Å². The van der Waals surface area contributed by atoms with Crippen LogP contribution in [0.4, 0.5) is 13.2 Å². The number of hydrogen-bond acceptors (Lipinski definition) is 2. The topological polar surface area (TPSA) is 37.3 Å². The van der Waals surface area contributed by atoms with Gasteiger partial charge in [0.15, 0.2) is 0 Å². The molecular weight excluding hydrogens is 321 g/mol. The van der Waals surface area contributed by atoms with E-state index in [1.54, 1.807) is 6.07 Å². The van der Waals surface area contributed by atoms with Crippen LogP contribution in [0.1, 0.15) is 12.0 Å². The molecule has 1 rings (SSSR count). The molecule has 0 saturated carbocycles. The van der Waals surface area contributed by atoms with Crippen molar-refractivity contribution in [3.8, 4) is 0 Å². The maximum atomic E-state index is 12.2. The minimum atomic E-state index is -4.35. The molecule has 0 heterocycles. The Hall–Kier alpha value is -0.690. The van der Waals surface area contributed by atoms with Crippen LogP contribution in [-0.4, -0.2) is 16.6 Å². The van der Waals surface area contributed by atoms with Gasteiger partial charge in [-0.2, -0.15) is 13.2 Å². The average molecular weight is 329 g/mol. The van der Waals surface area contributed by atoms with Crippen LogP contribution in [0.25, 0.3) is 0 Å². The predicted octanol–water partition coefficient (Wildman–Crippen LogP) is 4.08. The average Bonchev–Trinajstić information content (AvgIpc) is 2.17. The summed E-state index contributed by atoms with van der Waals surface area (Å²) < 4.78 is 37.0. The van der Waals surface area contributed by atoms with Gasteiger partial charge >= 0.3 is 11.5 Å². The molecule has 0 aromatic heterocycles. The molecular formula is C10H8BrF3O2S. The standard InChI is InChI=1S/C10H8BrF3O2S/c11-9-6(4-5-8(15)16)2-1-3-7(9)17-10(12,13)14/h1-3H,4-5H2,(H,15,16). The van der Waals surface area contributed by atoms with E-state index in [2.05, 4.69) is 15.9 Å². The van der Waals surface area contributed by atoms with Gasteiger partial charge in [0.1, 0.15) is 0 Å². The zero-order chi connectivity index (χ0) is 13.1. The summed E-state index contributed by atoms with van der Waals surface area (Å²) in [6.07, 6.45) is 0.0842. The minimum Gasteiger partial charge on any atom is -0.481 e. The molecule has 0 bridgehead atoms. The normalized spacial score (nSPS) is 11.5. The lowest BCUT2D eigenvalue weighted by Crippen LogP contribution is -2.01. The fourth-order valence-electron chi connectivity index (χ4n) is 1.19. The number of aliphatic carboxylic acids is 1. The first kappa shape index (κ1) is 14.4. The number of thioether (sulfide) groups is 1. The molecule has 1 aromatic rings. The Kier molecular flexibility index (Phi) is 4.88. The van der Waals surface area contributed by atoms with Gasteiger partial charge in [0.2, 0.25) is 0 Å². The Labute approximate surface area is 108 Å². The molecule has 0 spiro atoms. The number of carbonyl (C=O) groups is 1. The van der Waals surface area contributed by atoms with Crippen LogP contribution in [0.2, 0.25) is 0 Å². The van der Waals surface area contributed by atoms with Crippen molar-refractivity contribution >= 4 is 33.7 Å². The number of aryl methyl sites for hydroxylation is 1. The molecule has 0 radical (unpaired) electrons. The Balaban J connectivity index is 2.87. The molecule has 0 fully saturated rings. The van der Waals surface area contributed by atoms with E-state index in [-0.39, 0.29) is 29.5 Å². The molecule has 1 N–H and O–H groups in total. The fourth-order valence-corrected chi connectivity index (χ4v) is 2.52. The smallest absolute Gasteiger partial charge is 0.446 e. The van der Waals surface area contributed by atoms with Crippen molar-refractivity contribution in [3.05, 3.63) is 28.2 Å². The van der Waals surface area contributed by atoms with E-state index >= 15 is 0 Å². The number of rotatable bonds is 4. The lowest BCUT2D eigenvalue weighted by molar-refractivity contribution is -0.136. The lowest BCUT2D eigenvalue weighted by atomic mass is 10.1. The number of benzene rings is 1. The summed E-state index contributed by atoms with van der Waals surface area (Å²) in [5, 5.41) is 8.52. The van der Waals surface area contributed by atoms with Gasteiger partial charge in [-0.05, 0) is 45.7 Å². The highest BCUT2D eigenvalue weighted by molar-refractivity contribution is 9.10. The zero-order valence-corrected chi connectivity index (χ0v) is 10.8. The maximum absolute atomic E-state index is 12.2. The van der Waals surface area contributed by atoms with Crippen LogP contribution in [-0.2, 0) is 11.2 Å². The lowest BCUT2D eigenvalue weighted by Gasteiger charge is -2.10. The van der Waals surface area contributed by atoms with Gasteiger partial charge in [0.05, 0.1) is 0 Å². The van der Waals surface area contributed by atoms with Gasteiger partial charge < -0.3 is 5.11 Å². The van der Waals surface area contributed by atoms with Crippen molar-refractivity contribution in [1.82, 2.24) is 0 Å². The van der Waals surface area contributed by atoms with Gasteiger partial charge in [0, 0.05) is 15.8 Å². The van der Waals surface area contributed by atoms with Gasteiger partial charge in [-0.3, -0.25) is 4.79 Å². The van der Waals surface area contributed by atoms with Gasteiger partial charge in [-0.25, -0.2) is 0 Å². The fraction of sp³-hybridized carbons (Fsp3) is 0.300. The maximum Gasteiger partial charge on any atom is 0.446 e. The Morgan fingerprint density at radius 1 is 1.41 bits per heavy atom. The summed E-state index contributed by atoms with van der Waals surface area (Å²) >= 11 is 2.85. The van der Waals surface area contributed by atoms with Crippen LogP contribution >= 0.6 is 27.7 Å². The predicted molar refractivity (Wildman–Crippen MR) is 62.0 cm³/mol. The Morgan fingerprint density at radius 2 is 2.06 bits per heavy atom. The molecule has 0 saturated heterocycles. The van der Waals surface area contributed by atoms with Gasteiger partial charge in [-0.1, -0.05) is 12.1 Å². The second kappa shape index (κ2) is 5.77. The van der Waals surface area contributed by atoms with Crippen molar-refractivity contribution in [2.24, 2.45) is 0 Å². The molecule has 1 aromatic carbocycles. The van der Waals surface area contributed by atoms with E-state index < -0.39 is 11.5 Å². The van der Waals surface area contributed by atoms with E-state index in [9.17, 15) is 18.0 Å². The first-order chi connectivity index (χ1) is 7.79. The Morgan fingerprint density at radius 3 is 2.59 bits per heavy atom. The van der Waals surface area contributed by atoms with Crippen molar-refractivity contribution < 1.29 is 23.1 Å². The monoisotopic (exact) mass is 328 g/mol. The number of carboxylic acids is 1. The highest BCUT2D eigenvalue weighted by Gasteiger charge is 2.30. The first-order valence-electron chi connectivity index (χ1n) is 4.54. The van der Waals surface area contributed by atoms with Crippen molar-refractivity contribution in [2.45, 2.75) is 23.2 Å². The third-order valence-corrected chi connectivity index (χ3v) is 3.87.